The Morgan fingerprint density at radius 2 is 1.78 bits per heavy atom. The van der Waals surface area contributed by atoms with E-state index in [-0.39, 0.29) is 36.9 Å². The number of hydrogen-bond acceptors (Lipinski definition) is 7. The maximum Gasteiger partial charge on any atom is 0.329 e. The van der Waals surface area contributed by atoms with Crippen molar-refractivity contribution < 1.29 is 29.0 Å². The molecule has 1 aromatic rings. The molecule has 0 aromatic heterocycles. The van der Waals surface area contributed by atoms with Crippen LogP contribution < -0.4 is 10.6 Å². The molecule has 0 aliphatic heterocycles. The zero-order valence-electron chi connectivity index (χ0n) is 24.0. The summed E-state index contributed by atoms with van der Waals surface area (Å²) in [5, 5.41) is 16.4. The second kappa shape index (κ2) is 14.5. The van der Waals surface area contributed by atoms with Crippen molar-refractivity contribution >= 4 is 41.0 Å². The number of alkyl halides is 2. The Morgan fingerprint density at radius 1 is 1.07 bits per heavy atom. The first-order chi connectivity index (χ1) is 19.7. The molecule has 3 N–H and O–H groups in total. The minimum absolute atomic E-state index is 0.0552. The van der Waals surface area contributed by atoms with Crippen LogP contribution in [0.1, 0.15) is 70.3 Å². The number of rotatable bonds is 9. The number of nitrogens with one attached hydrogen (secondary N) is 2. The lowest BCUT2D eigenvalue weighted by molar-refractivity contribution is -0.158. The highest BCUT2D eigenvalue weighted by molar-refractivity contribution is 6.25. The Hall–Kier alpha value is -1.87. The summed E-state index contributed by atoms with van der Waals surface area (Å²) in [7, 11) is 1.89. The number of carbonyl (C=O) groups is 3. The van der Waals surface area contributed by atoms with Gasteiger partial charge in [0.2, 0.25) is 5.91 Å². The van der Waals surface area contributed by atoms with Crippen LogP contribution in [0.5, 0.6) is 0 Å². The van der Waals surface area contributed by atoms with Gasteiger partial charge in [-0.25, -0.2) is 4.79 Å². The first-order valence-electron chi connectivity index (χ1n) is 15.1. The van der Waals surface area contributed by atoms with Crippen LogP contribution in [-0.4, -0.2) is 71.7 Å². The molecule has 6 unspecified atom stereocenters. The first kappa shape index (κ1) is 32.1. The van der Waals surface area contributed by atoms with Crippen molar-refractivity contribution in [1.29, 1.82) is 0 Å². The smallest absolute Gasteiger partial charge is 0.329 e. The molecule has 1 spiro atoms. The third kappa shape index (κ3) is 7.20. The number of carbonyl (C=O) groups excluding carboxylic acids is 3. The van der Waals surface area contributed by atoms with Crippen molar-refractivity contribution in [3.63, 3.8) is 0 Å². The molecule has 3 fully saturated rings. The molecular formula is C31H44Cl2N2O6. The average molecular weight is 612 g/mol. The van der Waals surface area contributed by atoms with Gasteiger partial charge in [-0.2, -0.15) is 0 Å². The van der Waals surface area contributed by atoms with Gasteiger partial charge in [0, 0.05) is 23.3 Å². The van der Waals surface area contributed by atoms with Gasteiger partial charge in [-0.1, -0.05) is 43.2 Å². The summed E-state index contributed by atoms with van der Waals surface area (Å²) < 4.78 is 11.0. The zero-order valence-corrected chi connectivity index (χ0v) is 25.5. The number of aliphatic hydroxyl groups excluding tert-OH is 1. The van der Waals surface area contributed by atoms with E-state index in [2.05, 4.69) is 10.6 Å². The van der Waals surface area contributed by atoms with E-state index in [1.165, 1.54) is 0 Å². The number of amides is 1. The topological polar surface area (TPSA) is 114 Å². The lowest BCUT2D eigenvalue weighted by atomic mass is 9.59. The van der Waals surface area contributed by atoms with Gasteiger partial charge in [0.1, 0.15) is 12.1 Å². The van der Waals surface area contributed by atoms with Crippen LogP contribution in [0.4, 0.5) is 0 Å². The summed E-state index contributed by atoms with van der Waals surface area (Å²) in [4.78, 5) is 39.2. The molecule has 0 radical (unpaired) electrons. The molecular weight excluding hydrogens is 567 g/mol. The predicted molar refractivity (Wildman–Crippen MR) is 158 cm³/mol. The van der Waals surface area contributed by atoms with Crippen LogP contribution in [0.3, 0.4) is 0 Å². The van der Waals surface area contributed by atoms with Gasteiger partial charge >= 0.3 is 11.9 Å². The highest BCUT2D eigenvalue weighted by Crippen LogP contribution is 2.53. The van der Waals surface area contributed by atoms with Crippen molar-refractivity contribution in [3.05, 3.63) is 35.9 Å². The van der Waals surface area contributed by atoms with Crippen LogP contribution in [0.15, 0.2) is 30.3 Å². The monoisotopic (exact) mass is 610 g/mol. The lowest BCUT2D eigenvalue weighted by Gasteiger charge is -2.55. The minimum Gasteiger partial charge on any atom is -0.466 e. The van der Waals surface area contributed by atoms with E-state index in [0.29, 0.717) is 32.3 Å². The van der Waals surface area contributed by atoms with Crippen LogP contribution in [0.2, 0.25) is 0 Å². The molecule has 41 heavy (non-hydrogen) atoms. The summed E-state index contributed by atoms with van der Waals surface area (Å²) in [5.41, 5.74) is 0.352. The summed E-state index contributed by atoms with van der Waals surface area (Å²) in [6, 6.07) is 8.52. The first-order valence-corrected chi connectivity index (χ1v) is 15.9. The van der Waals surface area contributed by atoms with E-state index in [4.69, 9.17) is 32.7 Å². The van der Waals surface area contributed by atoms with Crippen molar-refractivity contribution in [2.24, 2.45) is 17.3 Å². The summed E-state index contributed by atoms with van der Waals surface area (Å²) in [5.74, 6) is -2.22. The molecule has 3 saturated carbocycles. The normalized spacial score (nSPS) is 34.4. The highest BCUT2D eigenvalue weighted by Gasteiger charge is 2.58. The van der Waals surface area contributed by atoms with Crippen molar-refractivity contribution in [2.45, 2.75) is 106 Å². The second-order valence-electron chi connectivity index (χ2n) is 11.8. The fourth-order valence-electron chi connectivity index (χ4n) is 7.12. The number of halogens is 2. The molecule has 3 aliphatic rings. The molecule has 8 nitrogen and oxygen atoms in total. The van der Waals surface area contributed by atoms with Crippen molar-refractivity contribution in [2.75, 3.05) is 13.7 Å². The highest BCUT2D eigenvalue weighted by atomic mass is 35.5. The van der Waals surface area contributed by atoms with E-state index < -0.39 is 46.1 Å². The quantitative estimate of drug-likeness (QED) is 0.284. The zero-order chi connectivity index (χ0) is 29.6. The summed E-state index contributed by atoms with van der Waals surface area (Å²) in [6.45, 7) is 2.13. The van der Waals surface area contributed by atoms with Crippen LogP contribution in [0, 0.1) is 17.3 Å². The molecule has 1 aromatic carbocycles. The van der Waals surface area contributed by atoms with Crippen LogP contribution >= 0.6 is 23.2 Å². The van der Waals surface area contributed by atoms with Crippen LogP contribution in [-0.2, 0) is 30.3 Å². The second-order valence-corrected chi connectivity index (χ2v) is 12.8. The van der Waals surface area contributed by atoms with E-state index in [1.54, 1.807) is 6.92 Å². The van der Waals surface area contributed by atoms with E-state index in [0.717, 1.165) is 31.2 Å². The van der Waals surface area contributed by atoms with Gasteiger partial charge in [0.15, 0.2) is 0 Å². The number of hydrogen-bond donors (Lipinski definition) is 3. The molecule has 1 amide bonds. The van der Waals surface area contributed by atoms with Crippen molar-refractivity contribution in [1.82, 2.24) is 10.6 Å². The third-order valence-corrected chi connectivity index (χ3v) is 10.7. The molecule has 7 atom stereocenters. The van der Waals surface area contributed by atoms with Gasteiger partial charge in [0.25, 0.3) is 0 Å². The molecule has 0 heterocycles. The Bertz CT molecular complexity index is 1040. The molecule has 10 heteroatoms. The summed E-state index contributed by atoms with van der Waals surface area (Å²) in [6.07, 6.45) is 5.09. The van der Waals surface area contributed by atoms with E-state index in [9.17, 15) is 19.5 Å². The minimum atomic E-state index is -1.10. The molecule has 0 saturated heterocycles. The SMILES string of the molecule is CCOC(=O)C1CCC(OC(=O)[C@H](Cc2ccccc2)NC(=O)C2CC(Cl)C3(CCCCC3NC)C(Cl)C2O)CC1. The fraction of sp³-hybridized carbons (Fsp3) is 0.710. The maximum absolute atomic E-state index is 13.6. The average Bonchev–Trinajstić information content (AvgIpc) is 2.98. The van der Waals surface area contributed by atoms with E-state index >= 15 is 0 Å². The van der Waals surface area contributed by atoms with Crippen LogP contribution in [0.25, 0.3) is 0 Å². The third-order valence-electron chi connectivity index (χ3n) is 9.42. The molecule has 4 rings (SSSR count). The Labute approximate surface area is 253 Å². The van der Waals surface area contributed by atoms with Gasteiger partial charge in [0.05, 0.1) is 29.9 Å². The number of ether oxygens (including phenoxy) is 2. The number of esters is 2. The van der Waals surface area contributed by atoms with Crippen molar-refractivity contribution in [3.8, 4) is 0 Å². The van der Waals surface area contributed by atoms with Gasteiger partial charge in [-0.05, 0) is 64.5 Å². The maximum atomic E-state index is 13.6. The standard InChI is InChI=1S/C31H44Cl2N2O6/c1-3-40-29(38)20-12-14-21(15-13-20)41-30(39)23(17-19-9-5-4-6-10-19)35-28(37)22-18-24(32)31(27(33)26(22)36)16-8-7-11-25(31)34-2/h4-6,9-10,20-27,34,36H,3,7-8,11-18H2,1-2H3,(H,35,37)/t20?,21?,22?,23-,24?,25?,26?,27?,31?/m0/s1. The summed E-state index contributed by atoms with van der Waals surface area (Å²) >= 11 is 13.9. The Balaban J connectivity index is 1.44. The van der Waals surface area contributed by atoms with Gasteiger partial charge in [-0.3, -0.25) is 9.59 Å². The largest absolute Gasteiger partial charge is 0.466 e. The van der Waals surface area contributed by atoms with Gasteiger partial charge in [-0.15, -0.1) is 23.2 Å². The lowest BCUT2D eigenvalue weighted by Crippen LogP contribution is -2.65. The predicted octanol–water partition coefficient (Wildman–Crippen LogP) is 4.12. The number of benzene rings is 1. The number of aliphatic hydroxyl groups is 1. The molecule has 0 bridgehead atoms. The van der Waals surface area contributed by atoms with E-state index in [1.807, 2.05) is 37.4 Å². The molecule has 3 aliphatic carbocycles. The fourth-order valence-corrected chi connectivity index (χ4v) is 8.37. The Kier molecular flexibility index (Phi) is 11.4. The molecule has 228 valence electrons. The Morgan fingerprint density at radius 3 is 2.44 bits per heavy atom. The van der Waals surface area contributed by atoms with Gasteiger partial charge < -0.3 is 25.2 Å².